The molecule has 0 saturated heterocycles. The van der Waals surface area contributed by atoms with Crippen LogP contribution < -0.4 is 5.32 Å². The van der Waals surface area contributed by atoms with Gasteiger partial charge in [0.1, 0.15) is 12.7 Å². The van der Waals surface area contributed by atoms with Crippen LogP contribution in [0.4, 0.5) is 0 Å². The van der Waals surface area contributed by atoms with E-state index in [1.807, 2.05) is 49.4 Å². The fourth-order valence-corrected chi connectivity index (χ4v) is 3.25. The van der Waals surface area contributed by atoms with E-state index in [0.29, 0.717) is 18.7 Å². The molecule has 2 aromatic heterocycles. The number of aromatic amines is 1. The predicted molar refractivity (Wildman–Crippen MR) is 105 cm³/mol. The summed E-state index contributed by atoms with van der Waals surface area (Å²) in [5, 5.41) is 8.27. The number of carbonyl (C=O) groups excluding carboxylic acids is 1. The number of aromatic nitrogens is 4. The molecule has 6 heteroatoms. The third-order valence-corrected chi connectivity index (χ3v) is 4.93. The highest BCUT2D eigenvalue weighted by Crippen LogP contribution is 2.22. The second-order valence-corrected chi connectivity index (χ2v) is 6.68. The number of carbonyl (C=O) groups is 1. The van der Waals surface area contributed by atoms with Crippen LogP contribution in [-0.2, 0) is 13.1 Å². The van der Waals surface area contributed by atoms with E-state index < -0.39 is 0 Å². The third-order valence-electron chi connectivity index (χ3n) is 4.93. The zero-order chi connectivity index (χ0) is 18.8. The van der Waals surface area contributed by atoms with Gasteiger partial charge in [0.25, 0.3) is 5.91 Å². The Morgan fingerprint density at radius 2 is 1.96 bits per heavy atom. The topological polar surface area (TPSA) is 75.6 Å². The molecule has 0 unspecified atom stereocenters. The minimum absolute atomic E-state index is 0.0780. The molecule has 2 N–H and O–H groups in total. The van der Waals surface area contributed by atoms with Crippen molar-refractivity contribution < 1.29 is 4.79 Å². The zero-order valence-electron chi connectivity index (χ0n) is 15.4. The van der Waals surface area contributed by atoms with Crippen LogP contribution in [0.2, 0.25) is 0 Å². The summed E-state index contributed by atoms with van der Waals surface area (Å²) in [5.41, 5.74) is 6.20. The minimum atomic E-state index is -0.0780. The number of amides is 1. The van der Waals surface area contributed by atoms with E-state index in [9.17, 15) is 4.79 Å². The maximum Gasteiger partial charge on any atom is 0.251 e. The number of fused-ring (bicyclic) bond motifs is 1. The number of aryl methyl sites for hydroxylation is 2. The van der Waals surface area contributed by atoms with Crippen molar-refractivity contribution in [2.24, 2.45) is 0 Å². The molecule has 136 valence electrons. The molecule has 0 aliphatic rings. The molecule has 0 spiro atoms. The lowest BCUT2D eigenvalue weighted by molar-refractivity contribution is 0.0951. The van der Waals surface area contributed by atoms with Crippen molar-refractivity contribution >= 4 is 16.8 Å². The first-order valence-corrected chi connectivity index (χ1v) is 8.88. The molecular weight excluding hydrogens is 338 g/mol. The number of hydrogen-bond donors (Lipinski definition) is 2. The lowest BCUT2D eigenvalue weighted by Gasteiger charge is -2.11. The largest absolute Gasteiger partial charge is 0.358 e. The molecular formula is C21H21N5O. The average molecular weight is 359 g/mol. The summed E-state index contributed by atoms with van der Waals surface area (Å²) in [5.74, 6) is -0.0780. The maximum absolute atomic E-state index is 12.7. The molecule has 0 bridgehead atoms. The van der Waals surface area contributed by atoms with Gasteiger partial charge in [-0.3, -0.25) is 4.79 Å². The van der Waals surface area contributed by atoms with Crippen LogP contribution in [0.25, 0.3) is 10.9 Å². The lowest BCUT2D eigenvalue weighted by Crippen LogP contribution is -2.23. The van der Waals surface area contributed by atoms with Crippen molar-refractivity contribution in [1.82, 2.24) is 25.1 Å². The third kappa shape index (κ3) is 3.46. The fourth-order valence-electron chi connectivity index (χ4n) is 3.25. The van der Waals surface area contributed by atoms with E-state index in [-0.39, 0.29) is 5.91 Å². The lowest BCUT2D eigenvalue weighted by atomic mass is 10.1. The Hall–Kier alpha value is -3.41. The fraction of sp³-hybridized carbons (Fsp3) is 0.190. The van der Waals surface area contributed by atoms with E-state index in [2.05, 4.69) is 27.3 Å². The van der Waals surface area contributed by atoms with Crippen LogP contribution in [-0.4, -0.2) is 25.7 Å². The van der Waals surface area contributed by atoms with Crippen LogP contribution in [0, 0.1) is 13.8 Å². The number of nitrogens with one attached hydrogen (secondary N) is 2. The number of rotatable bonds is 5. The molecule has 6 nitrogen and oxygen atoms in total. The Balaban J connectivity index is 1.50. The summed E-state index contributed by atoms with van der Waals surface area (Å²) >= 11 is 0. The van der Waals surface area contributed by atoms with E-state index in [4.69, 9.17) is 0 Å². The molecule has 1 amide bonds. The van der Waals surface area contributed by atoms with E-state index in [0.717, 1.165) is 27.7 Å². The van der Waals surface area contributed by atoms with Gasteiger partial charge in [0.15, 0.2) is 0 Å². The highest BCUT2D eigenvalue weighted by molar-refractivity contribution is 5.99. The normalized spacial score (nSPS) is 11.0. The van der Waals surface area contributed by atoms with Gasteiger partial charge in [0.05, 0.1) is 6.54 Å². The second kappa shape index (κ2) is 7.07. The SMILES string of the molecule is Cc1[nH]c2ccc(C(=O)NCc3ccccc3Cn3cncn3)cc2c1C. The Labute approximate surface area is 157 Å². The first kappa shape index (κ1) is 17.0. The maximum atomic E-state index is 12.7. The second-order valence-electron chi connectivity index (χ2n) is 6.68. The van der Waals surface area contributed by atoms with Crippen LogP contribution in [0.3, 0.4) is 0 Å². The summed E-state index contributed by atoms with van der Waals surface area (Å²) < 4.78 is 1.77. The monoisotopic (exact) mass is 359 g/mol. The van der Waals surface area contributed by atoms with Crippen LogP contribution in [0.1, 0.15) is 32.7 Å². The Bertz CT molecular complexity index is 1100. The first-order chi connectivity index (χ1) is 13.1. The summed E-state index contributed by atoms with van der Waals surface area (Å²) in [6.07, 6.45) is 3.21. The number of benzene rings is 2. The zero-order valence-corrected chi connectivity index (χ0v) is 15.4. The van der Waals surface area contributed by atoms with Crippen molar-refractivity contribution in [3.05, 3.63) is 83.1 Å². The molecule has 4 aromatic rings. The van der Waals surface area contributed by atoms with E-state index >= 15 is 0 Å². The van der Waals surface area contributed by atoms with Gasteiger partial charge in [-0.1, -0.05) is 24.3 Å². The van der Waals surface area contributed by atoms with Gasteiger partial charge in [-0.25, -0.2) is 9.67 Å². The smallest absolute Gasteiger partial charge is 0.251 e. The van der Waals surface area contributed by atoms with Crippen molar-refractivity contribution in [3.8, 4) is 0 Å². The molecule has 0 aliphatic heterocycles. The van der Waals surface area contributed by atoms with E-state index in [1.165, 1.54) is 11.9 Å². The van der Waals surface area contributed by atoms with Gasteiger partial charge in [0, 0.05) is 28.7 Å². The van der Waals surface area contributed by atoms with Gasteiger partial charge in [-0.15, -0.1) is 0 Å². The van der Waals surface area contributed by atoms with Crippen molar-refractivity contribution in [1.29, 1.82) is 0 Å². The average Bonchev–Trinajstić information content (AvgIpc) is 3.29. The van der Waals surface area contributed by atoms with Gasteiger partial charge < -0.3 is 10.3 Å². The molecule has 0 radical (unpaired) electrons. The van der Waals surface area contributed by atoms with Gasteiger partial charge in [0.2, 0.25) is 0 Å². The van der Waals surface area contributed by atoms with Gasteiger partial charge in [-0.2, -0.15) is 5.10 Å². The molecule has 2 heterocycles. The number of hydrogen-bond acceptors (Lipinski definition) is 3. The highest BCUT2D eigenvalue weighted by atomic mass is 16.1. The summed E-state index contributed by atoms with van der Waals surface area (Å²) in [6.45, 7) is 5.20. The van der Waals surface area contributed by atoms with Crippen molar-refractivity contribution in [2.75, 3.05) is 0 Å². The quantitative estimate of drug-likeness (QED) is 0.574. The molecule has 27 heavy (non-hydrogen) atoms. The Kier molecular flexibility index (Phi) is 4.46. The van der Waals surface area contributed by atoms with Crippen molar-refractivity contribution in [2.45, 2.75) is 26.9 Å². The van der Waals surface area contributed by atoms with Gasteiger partial charge in [-0.05, 0) is 48.7 Å². The summed E-state index contributed by atoms with van der Waals surface area (Å²) in [4.78, 5) is 20.0. The molecule has 0 fully saturated rings. The van der Waals surface area contributed by atoms with Crippen LogP contribution in [0.15, 0.2) is 55.1 Å². The predicted octanol–water partition coefficient (Wildman–Crippen LogP) is 3.35. The molecule has 0 aliphatic carbocycles. The van der Waals surface area contributed by atoms with E-state index in [1.54, 1.807) is 11.0 Å². The van der Waals surface area contributed by atoms with Gasteiger partial charge >= 0.3 is 0 Å². The van der Waals surface area contributed by atoms with Crippen molar-refractivity contribution in [3.63, 3.8) is 0 Å². The minimum Gasteiger partial charge on any atom is -0.358 e. The Morgan fingerprint density at radius 3 is 2.74 bits per heavy atom. The highest BCUT2D eigenvalue weighted by Gasteiger charge is 2.11. The molecule has 2 aromatic carbocycles. The molecule has 4 rings (SSSR count). The van der Waals surface area contributed by atoms with Crippen LogP contribution in [0.5, 0.6) is 0 Å². The molecule has 0 atom stereocenters. The van der Waals surface area contributed by atoms with Crippen LogP contribution >= 0.6 is 0 Å². The molecule has 0 saturated carbocycles. The standard InChI is InChI=1S/C21H21N5O/c1-14-15(2)25-20-8-7-16(9-19(14)20)21(27)23-10-17-5-3-4-6-18(17)11-26-13-22-12-24-26/h3-9,12-13,25H,10-11H2,1-2H3,(H,23,27). The number of nitrogens with zero attached hydrogens (tertiary/aromatic N) is 3. The first-order valence-electron chi connectivity index (χ1n) is 8.88. The number of H-pyrrole nitrogens is 1. The Morgan fingerprint density at radius 1 is 1.15 bits per heavy atom. The summed E-state index contributed by atoms with van der Waals surface area (Å²) in [6, 6.07) is 13.8. The summed E-state index contributed by atoms with van der Waals surface area (Å²) in [7, 11) is 0.